The maximum atomic E-state index is 9.18. The minimum atomic E-state index is -1.13. The van der Waals surface area contributed by atoms with Crippen LogP contribution in [0, 0.1) is 0 Å². The van der Waals surface area contributed by atoms with Crippen LogP contribution in [0.4, 0.5) is 0 Å². The van der Waals surface area contributed by atoms with Crippen LogP contribution in [-0.4, -0.2) is 35.1 Å². The summed E-state index contributed by atoms with van der Waals surface area (Å²) in [5.74, 6) is -1.33. The molecular formula is C4H9O4S-. The van der Waals surface area contributed by atoms with E-state index >= 15 is 0 Å². The fourth-order valence-corrected chi connectivity index (χ4v) is 0. The zero-order valence-corrected chi connectivity index (χ0v) is 5.67. The van der Waals surface area contributed by atoms with Gasteiger partial charge in [-0.2, -0.15) is 12.6 Å². The molecule has 0 atom stereocenters. The highest BCUT2D eigenvalue weighted by atomic mass is 32.1. The maximum absolute atomic E-state index is 9.18. The molecule has 0 radical (unpaired) electrons. The van der Waals surface area contributed by atoms with Gasteiger partial charge in [-0.1, -0.05) is 0 Å². The van der Waals surface area contributed by atoms with Gasteiger partial charge < -0.3 is 20.1 Å². The van der Waals surface area contributed by atoms with Gasteiger partial charge in [-0.25, -0.2) is 0 Å². The summed E-state index contributed by atoms with van der Waals surface area (Å²) in [5.41, 5.74) is 0. The molecule has 0 rings (SSSR count). The van der Waals surface area contributed by atoms with Crippen molar-refractivity contribution in [2.24, 2.45) is 0 Å². The van der Waals surface area contributed by atoms with Gasteiger partial charge in [0.1, 0.15) is 0 Å². The second-order valence-corrected chi connectivity index (χ2v) is 1.29. The van der Waals surface area contributed by atoms with Gasteiger partial charge in [0.2, 0.25) is 0 Å². The molecule has 0 aliphatic carbocycles. The van der Waals surface area contributed by atoms with Crippen LogP contribution in [0.3, 0.4) is 0 Å². The van der Waals surface area contributed by atoms with Crippen molar-refractivity contribution < 1.29 is 20.1 Å². The number of rotatable bonds is 2. The zero-order chi connectivity index (χ0) is 7.70. The highest BCUT2D eigenvalue weighted by molar-refractivity contribution is 7.81. The van der Waals surface area contributed by atoms with Crippen LogP contribution in [0.15, 0.2) is 0 Å². The molecule has 5 heteroatoms. The Bertz CT molecular complexity index is 63.6. The third-order valence-corrected chi connectivity index (χ3v) is 0.487. The lowest BCUT2D eigenvalue weighted by atomic mass is 10.8. The fourth-order valence-electron chi connectivity index (χ4n) is 0. The lowest BCUT2D eigenvalue weighted by Crippen LogP contribution is -2.23. The molecule has 0 heterocycles. The number of carbonyl (C=O) groups excluding carboxylic acids is 1. The Morgan fingerprint density at radius 1 is 1.44 bits per heavy atom. The molecule has 56 valence electrons. The first kappa shape index (κ1) is 11.5. The van der Waals surface area contributed by atoms with Crippen molar-refractivity contribution in [2.75, 3.05) is 19.0 Å². The smallest absolute Gasteiger partial charge is 0.0662 e. The maximum Gasteiger partial charge on any atom is 0.0662 e. The van der Waals surface area contributed by atoms with Crippen molar-refractivity contribution in [1.82, 2.24) is 0 Å². The molecule has 0 saturated carbocycles. The van der Waals surface area contributed by atoms with Gasteiger partial charge in [-0.3, -0.25) is 0 Å². The van der Waals surface area contributed by atoms with Gasteiger partial charge >= 0.3 is 0 Å². The Morgan fingerprint density at radius 2 is 1.67 bits per heavy atom. The van der Waals surface area contributed by atoms with Gasteiger partial charge in [-0.05, 0) is 0 Å². The van der Waals surface area contributed by atoms with Crippen molar-refractivity contribution in [3.63, 3.8) is 0 Å². The third kappa shape index (κ3) is 34.0. The molecule has 0 spiro atoms. The molecule has 0 aliphatic rings. The van der Waals surface area contributed by atoms with Crippen LogP contribution in [0.5, 0.6) is 0 Å². The highest BCUT2D eigenvalue weighted by Gasteiger charge is 1.66. The van der Waals surface area contributed by atoms with E-state index in [1.54, 1.807) is 0 Å². The van der Waals surface area contributed by atoms with Crippen LogP contribution >= 0.6 is 12.6 Å². The zero-order valence-electron chi connectivity index (χ0n) is 4.78. The summed E-state index contributed by atoms with van der Waals surface area (Å²) in [6, 6.07) is 0. The molecule has 0 aromatic rings. The predicted octanol–water partition coefficient (Wildman–Crippen LogP) is -2.36. The van der Waals surface area contributed by atoms with E-state index < -0.39 is 5.97 Å². The Hall–Kier alpha value is -0.260. The molecule has 2 N–H and O–H groups in total. The number of carboxylic acids is 1. The summed E-state index contributed by atoms with van der Waals surface area (Å²) >= 11 is 3.35. The van der Waals surface area contributed by atoms with Gasteiger partial charge in [0.25, 0.3) is 0 Å². The van der Waals surface area contributed by atoms with Crippen molar-refractivity contribution >= 4 is 18.6 Å². The van der Waals surface area contributed by atoms with Crippen molar-refractivity contribution in [3.8, 4) is 0 Å². The van der Waals surface area contributed by atoms with E-state index in [4.69, 9.17) is 10.2 Å². The Balaban J connectivity index is 0. The molecule has 0 aromatic heterocycles. The standard InChI is InChI=1S/C2H4O2S.C2H6O2/c3-2(4)1-5;3-1-2-4/h5H,1H2,(H,3,4);3-4H,1-2H2/p-1. The van der Waals surface area contributed by atoms with Crippen molar-refractivity contribution in [2.45, 2.75) is 0 Å². The molecule has 0 aliphatic heterocycles. The molecule has 0 amide bonds. The van der Waals surface area contributed by atoms with Crippen molar-refractivity contribution in [3.05, 3.63) is 0 Å². The molecule has 0 aromatic carbocycles. The second kappa shape index (κ2) is 10.7. The summed E-state index contributed by atoms with van der Waals surface area (Å²) in [5, 5.41) is 24.4. The van der Waals surface area contributed by atoms with Crippen molar-refractivity contribution in [1.29, 1.82) is 0 Å². The largest absolute Gasteiger partial charge is 0.549 e. The van der Waals surface area contributed by atoms with Gasteiger partial charge in [0.05, 0.1) is 19.2 Å². The molecular weight excluding hydrogens is 144 g/mol. The molecule has 9 heavy (non-hydrogen) atoms. The van der Waals surface area contributed by atoms with Gasteiger partial charge in [-0.15, -0.1) is 0 Å². The molecule has 4 nitrogen and oxygen atoms in total. The van der Waals surface area contributed by atoms with E-state index in [9.17, 15) is 9.90 Å². The SMILES string of the molecule is O=C([O-])CS.OCCO. The number of hydrogen-bond acceptors (Lipinski definition) is 5. The Kier molecular flexibility index (Phi) is 13.7. The Labute approximate surface area is 58.5 Å². The highest BCUT2D eigenvalue weighted by Crippen LogP contribution is 1.62. The summed E-state index contributed by atoms with van der Waals surface area (Å²) in [7, 11) is 0. The third-order valence-electron chi connectivity index (χ3n) is 0.229. The van der Waals surface area contributed by atoms with Gasteiger partial charge in [0, 0.05) is 5.75 Å². The summed E-state index contributed by atoms with van der Waals surface area (Å²) in [6.45, 7) is -0.250. The minimum Gasteiger partial charge on any atom is -0.549 e. The quantitative estimate of drug-likeness (QED) is 0.388. The number of hydrogen-bond donors (Lipinski definition) is 3. The first-order valence-electron chi connectivity index (χ1n) is 2.21. The summed E-state index contributed by atoms with van der Waals surface area (Å²) in [4.78, 5) is 9.18. The molecule has 0 bridgehead atoms. The van der Waals surface area contributed by atoms with Crippen LogP contribution in [0.1, 0.15) is 0 Å². The second-order valence-electron chi connectivity index (χ2n) is 0.977. The topological polar surface area (TPSA) is 80.6 Å². The van der Waals surface area contributed by atoms with E-state index in [0.29, 0.717) is 0 Å². The lowest BCUT2D eigenvalue weighted by molar-refractivity contribution is -0.301. The lowest BCUT2D eigenvalue weighted by Gasteiger charge is -1.86. The number of aliphatic hydroxyl groups excluding tert-OH is 2. The first-order valence-corrected chi connectivity index (χ1v) is 2.84. The number of thiol groups is 1. The molecule has 0 saturated heterocycles. The average Bonchev–Trinajstić information content (AvgIpc) is 1.89. The van der Waals surface area contributed by atoms with E-state index in [1.165, 1.54) is 0 Å². The van der Waals surface area contributed by atoms with E-state index in [2.05, 4.69) is 12.6 Å². The first-order chi connectivity index (χ1) is 4.18. The summed E-state index contributed by atoms with van der Waals surface area (Å²) in [6.07, 6.45) is 0. The van der Waals surface area contributed by atoms with Crippen LogP contribution in [0.25, 0.3) is 0 Å². The molecule has 0 unspecified atom stereocenters. The number of carboxylic acid groups (broad SMARTS) is 1. The van der Waals surface area contributed by atoms with Gasteiger partial charge in [0.15, 0.2) is 0 Å². The average molecular weight is 153 g/mol. The minimum absolute atomic E-state index is 0.125. The van der Waals surface area contributed by atoms with Crippen LogP contribution in [-0.2, 0) is 4.79 Å². The number of carbonyl (C=O) groups is 1. The van der Waals surface area contributed by atoms with Crippen LogP contribution in [0.2, 0.25) is 0 Å². The predicted molar refractivity (Wildman–Crippen MR) is 33.0 cm³/mol. The Morgan fingerprint density at radius 3 is 1.67 bits per heavy atom. The normalized spacial score (nSPS) is 7.44. The number of aliphatic carboxylic acids is 1. The van der Waals surface area contributed by atoms with Crippen LogP contribution < -0.4 is 5.11 Å². The fraction of sp³-hybridized carbons (Fsp3) is 0.750. The van der Waals surface area contributed by atoms with E-state index in [1.807, 2.05) is 0 Å². The number of aliphatic hydroxyl groups is 2. The summed E-state index contributed by atoms with van der Waals surface area (Å²) < 4.78 is 0. The monoisotopic (exact) mass is 153 g/mol. The van der Waals surface area contributed by atoms with E-state index in [0.717, 1.165) is 0 Å². The van der Waals surface area contributed by atoms with E-state index in [-0.39, 0.29) is 19.0 Å². The molecule has 0 fully saturated rings.